The first-order valence-electron chi connectivity index (χ1n) is 8.49. The number of carboxylic acid groups (broad SMARTS) is 1. The van der Waals surface area contributed by atoms with Crippen LogP contribution in [0.4, 0.5) is 8.78 Å². The molecular formula is C20H23AtF2O3. The second kappa shape index (κ2) is 10.6. The van der Waals surface area contributed by atoms with Crippen molar-refractivity contribution in [3.8, 4) is 11.5 Å². The molecule has 0 bridgehead atoms. The number of benzene rings is 2. The maximum absolute atomic E-state index is 14.2. The first-order valence-corrected chi connectivity index (χ1v) is 9.96. The molecule has 1 N–H and O–H groups in total. The molecule has 142 valence electrons. The van der Waals surface area contributed by atoms with Crippen LogP contribution in [0.15, 0.2) is 24.3 Å². The van der Waals surface area contributed by atoms with E-state index < -0.39 is 17.6 Å². The van der Waals surface area contributed by atoms with E-state index in [0.29, 0.717) is 18.6 Å². The van der Waals surface area contributed by atoms with Gasteiger partial charge in [0.2, 0.25) is 0 Å². The molecule has 26 heavy (non-hydrogen) atoms. The standard InChI is InChI=1S/C18H17AtF2O3.C2H6/c1-3-12-9-11(4-7-15(22)23)8-10(2)18(12)24-14-6-5-13(20)16(19)17(14)21;1-2/h5-6,8-9H,3-4,7H2,1-2H3,(H,22,23);1-2H3. The molecule has 0 aromatic heterocycles. The van der Waals surface area contributed by atoms with E-state index in [4.69, 9.17) is 9.84 Å². The molecule has 0 saturated carbocycles. The second-order valence-corrected chi connectivity index (χ2v) is 6.89. The predicted octanol–water partition coefficient (Wildman–Crippen LogP) is 4.85. The van der Waals surface area contributed by atoms with Gasteiger partial charge >= 0.3 is 155 Å². The summed E-state index contributed by atoms with van der Waals surface area (Å²) in [7, 11) is 0. The Morgan fingerprint density at radius 3 is 2.46 bits per heavy atom. The number of carbonyl (C=O) groups is 1. The monoisotopic (exact) mass is 559 g/mol. The van der Waals surface area contributed by atoms with Gasteiger partial charge < -0.3 is 0 Å². The van der Waals surface area contributed by atoms with Crippen LogP contribution in [0.1, 0.15) is 43.9 Å². The molecule has 0 spiro atoms. The van der Waals surface area contributed by atoms with Crippen molar-refractivity contribution in [2.24, 2.45) is 0 Å². The van der Waals surface area contributed by atoms with Crippen molar-refractivity contribution in [3.63, 3.8) is 0 Å². The summed E-state index contributed by atoms with van der Waals surface area (Å²) in [6, 6.07) is 6.19. The van der Waals surface area contributed by atoms with Gasteiger partial charge in [-0.2, -0.15) is 0 Å². The molecule has 0 aliphatic rings. The summed E-state index contributed by atoms with van der Waals surface area (Å²) in [5, 5.41) is 8.80. The van der Waals surface area contributed by atoms with Gasteiger partial charge in [-0.05, 0) is 0 Å². The van der Waals surface area contributed by atoms with Crippen molar-refractivity contribution in [1.29, 1.82) is 0 Å². The zero-order valence-corrected chi connectivity index (χ0v) is 18.3. The van der Waals surface area contributed by atoms with E-state index in [1.54, 1.807) is 0 Å². The average Bonchev–Trinajstić information content (AvgIpc) is 2.63. The number of hydrogen-bond acceptors (Lipinski definition) is 2. The van der Waals surface area contributed by atoms with Gasteiger partial charge in [-0.1, -0.05) is 13.8 Å². The van der Waals surface area contributed by atoms with Crippen LogP contribution in [0.3, 0.4) is 0 Å². The Hall–Kier alpha value is -1.55. The summed E-state index contributed by atoms with van der Waals surface area (Å²) >= 11 is 0.918. The summed E-state index contributed by atoms with van der Waals surface area (Å²) < 4.78 is 33.3. The topological polar surface area (TPSA) is 46.5 Å². The summed E-state index contributed by atoms with van der Waals surface area (Å²) in [4.78, 5) is 10.7. The van der Waals surface area contributed by atoms with Crippen molar-refractivity contribution < 1.29 is 48.1 Å². The molecule has 0 fully saturated rings. The molecule has 0 saturated heterocycles. The van der Waals surface area contributed by atoms with Gasteiger partial charge in [0.15, 0.2) is 0 Å². The first-order chi connectivity index (χ1) is 12.3. The van der Waals surface area contributed by atoms with Crippen LogP contribution in [0, 0.1) is 43.3 Å². The minimum absolute atomic E-state index is 0.00927. The fourth-order valence-electron chi connectivity index (χ4n) is 2.43. The third-order valence-corrected chi connectivity index (χ3v) is 4.98. The van der Waals surface area contributed by atoms with E-state index in [1.807, 2.05) is 39.8 Å². The molecule has 0 atom stereocenters. The minimum atomic E-state index is -0.850. The summed E-state index contributed by atoms with van der Waals surface area (Å²) in [6.07, 6.45) is 1.13. The Labute approximate surface area is 168 Å². The molecule has 0 aliphatic heterocycles. The van der Waals surface area contributed by atoms with E-state index in [1.165, 1.54) is 12.1 Å². The van der Waals surface area contributed by atoms with E-state index in [-0.39, 0.29) is 15.4 Å². The van der Waals surface area contributed by atoms with E-state index in [0.717, 1.165) is 41.4 Å². The Morgan fingerprint density at radius 2 is 1.88 bits per heavy atom. The zero-order valence-electron chi connectivity index (χ0n) is 15.3. The SMILES string of the molecule is CC.CCc1cc(CCC(=O)O)cc(C)c1Oc1ccc(F)c([At])c1F. The Balaban J connectivity index is 0.00000163. The van der Waals surface area contributed by atoms with Crippen LogP contribution in [-0.2, 0) is 17.6 Å². The predicted molar refractivity (Wildman–Crippen MR) is 93.9 cm³/mol. The Morgan fingerprint density at radius 1 is 1.23 bits per heavy atom. The average molecular weight is 559 g/mol. The quantitative estimate of drug-likeness (QED) is 0.551. The van der Waals surface area contributed by atoms with Crippen LogP contribution in [0.2, 0.25) is 0 Å². The van der Waals surface area contributed by atoms with Crippen LogP contribution < -0.4 is 8.01 Å². The van der Waals surface area contributed by atoms with E-state index >= 15 is 0 Å². The van der Waals surface area contributed by atoms with Crippen molar-refractivity contribution in [2.45, 2.75) is 47.0 Å². The fourth-order valence-corrected chi connectivity index (χ4v) is 3.04. The van der Waals surface area contributed by atoms with Crippen molar-refractivity contribution in [1.82, 2.24) is 0 Å². The first kappa shape index (κ1) is 22.5. The van der Waals surface area contributed by atoms with Crippen LogP contribution >= 0.6 is 0 Å². The molecule has 2 aromatic carbocycles. The number of hydrogen-bond donors (Lipinski definition) is 1. The zero-order chi connectivity index (χ0) is 19.9. The van der Waals surface area contributed by atoms with Gasteiger partial charge in [-0.25, -0.2) is 0 Å². The summed E-state index contributed by atoms with van der Waals surface area (Å²) in [6.45, 7) is 7.77. The second-order valence-electron chi connectivity index (χ2n) is 5.42. The molecule has 0 aliphatic carbocycles. The Kier molecular flexibility index (Phi) is 9.14. The number of aryl methyl sites for hydroxylation is 3. The van der Waals surface area contributed by atoms with E-state index in [9.17, 15) is 13.6 Å². The molecular weight excluding hydrogens is 536 g/mol. The molecule has 0 heterocycles. The number of ether oxygens (including phenoxy) is 1. The number of carboxylic acids is 1. The molecule has 0 unspecified atom stereocenters. The maximum atomic E-state index is 14.2. The van der Waals surface area contributed by atoms with Crippen molar-refractivity contribution in [3.05, 3.63) is 52.6 Å². The van der Waals surface area contributed by atoms with Crippen molar-refractivity contribution in [2.75, 3.05) is 0 Å². The molecule has 6 heteroatoms. The van der Waals surface area contributed by atoms with Gasteiger partial charge in [0.1, 0.15) is 0 Å². The molecule has 3 nitrogen and oxygen atoms in total. The molecule has 0 amide bonds. The van der Waals surface area contributed by atoms with Gasteiger partial charge in [-0.3, -0.25) is 0 Å². The van der Waals surface area contributed by atoms with Gasteiger partial charge in [0, 0.05) is 0 Å². The Bertz CT molecular complexity index is 776. The van der Waals surface area contributed by atoms with E-state index in [2.05, 4.69) is 0 Å². The summed E-state index contributed by atoms with van der Waals surface area (Å²) in [5.41, 5.74) is 2.56. The third kappa shape index (κ3) is 5.73. The van der Waals surface area contributed by atoms with Gasteiger partial charge in [-0.15, -0.1) is 0 Å². The molecule has 2 rings (SSSR count). The van der Waals surface area contributed by atoms with Crippen LogP contribution in [0.25, 0.3) is 0 Å². The van der Waals surface area contributed by atoms with Gasteiger partial charge in [0.25, 0.3) is 0 Å². The molecule has 2 aromatic rings. The number of rotatable bonds is 6. The van der Waals surface area contributed by atoms with Gasteiger partial charge in [0.05, 0.1) is 0 Å². The van der Waals surface area contributed by atoms with Crippen LogP contribution in [-0.4, -0.2) is 11.1 Å². The van der Waals surface area contributed by atoms with Crippen molar-refractivity contribution >= 4 is 9.24 Å². The number of halogens is 2. The summed E-state index contributed by atoms with van der Waals surface area (Å²) in [5.74, 6) is -1.61. The third-order valence-electron chi connectivity index (χ3n) is 3.63. The number of aliphatic carboxylic acids is 1. The normalized spacial score (nSPS) is 10.1. The molecule has 0 radical (unpaired) electrons. The fraction of sp³-hybridized carbons (Fsp3) is 0.350. The van der Waals surface area contributed by atoms with Crippen LogP contribution in [0.5, 0.6) is 11.5 Å².